The fourth-order valence-corrected chi connectivity index (χ4v) is 4.07. The minimum Gasteiger partial charge on any atom is -0.439 e. The van der Waals surface area contributed by atoms with Gasteiger partial charge in [0.05, 0.1) is 29.6 Å². The zero-order valence-electron chi connectivity index (χ0n) is 19.6. The summed E-state index contributed by atoms with van der Waals surface area (Å²) in [6.07, 6.45) is 2.05. The van der Waals surface area contributed by atoms with Crippen LogP contribution >= 0.6 is 0 Å². The Morgan fingerprint density at radius 1 is 1.21 bits per heavy atom. The molecule has 1 fully saturated rings. The first kappa shape index (κ1) is 22.9. The number of carbonyl (C=O) groups excluding carboxylic acids is 1. The van der Waals surface area contributed by atoms with E-state index in [1.54, 1.807) is 0 Å². The Kier molecular flexibility index (Phi) is 7.29. The van der Waals surface area contributed by atoms with Gasteiger partial charge in [0.15, 0.2) is 0 Å². The highest BCUT2D eigenvalue weighted by Crippen LogP contribution is 2.32. The predicted molar refractivity (Wildman–Crippen MR) is 128 cm³/mol. The molecule has 1 aromatic heterocycles. The lowest BCUT2D eigenvalue weighted by atomic mass is 10.2. The summed E-state index contributed by atoms with van der Waals surface area (Å²) in [4.78, 5) is 14.7. The van der Waals surface area contributed by atoms with Crippen molar-refractivity contribution in [3.05, 3.63) is 71.4 Å². The van der Waals surface area contributed by atoms with Gasteiger partial charge in [-0.1, -0.05) is 30.3 Å². The molecule has 0 aliphatic carbocycles. The lowest BCUT2D eigenvalue weighted by Crippen LogP contribution is -2.43. The summed E-state index contributed by atoms with van der Waals surface area (Å²) < 4.78 is 14.1. The molecule has 1 aliphatic heterocycles. The van der Waals surface area contributed by atoms with E-state index in [1.807, 2.05) is 85.0 Å². The molecule has 1 atom stereocenters. The minimum absolute atomic E-state index is 0.0539. The molecule has 1 N–H and O–H groups in total. The number of hydrogen-bond donors (Lipinski definition) is 1. The van der Waals surface area contributed by atoms with Crippen LogP contribution in [0.25, 0.3) is 5.69 Å². The summed E-state index contributed by atoms with van der Waals surface area (Å²) in [5.41, 5.74) is 3.71. The average Bonchev–Trinajstić information content (AvgIpc) is 3.43. The quantitative estimate of drug-likeness (QED) is 0.527. The molecule has 0 bridgehead atoms. The van der Waals surface area contributed by atoms with Gasteiger partial charge in [-0.25, -0.2) is 9.48 Å². The number of benzene rings is 2. The highest BCUT2D eigenvalue weighted by atomic mass is 16.5. The van der Waals surface area contributed by atoms with Crippen molar-refractivity contribution >= 4 is 6.03 Å². The van der Waals surface area contributed by atoms with Crippen LogP contribution in [0.1, 0.15) is 36.6 Å². The molecule has 7 heteroatoms. The molecule has 0 unspecified atom stereocenters. The van der Waals surface area contributed by atoms with Crippen molar-refractivity contribution in [3.63, 3.8) is 0 Å². The Morgan fingerprint density at radius 2 is 2.03 bits per heavy atom. The molecule has 0 radical (unpaired) electrons. The first-order valence-corrected chi connectivity index (χ1v) is 11.6. The first-order chi connectivity index (χ1) is 16.0. The molecule has 2 heterocycles. The zero-order chi connectivity index (χ0) is 23.2. The van der Waals surface area contributed by atoms with E-state index in [9.17, 15) is 4.79 Å². The van der Waals surface area contributed by atoms with E-state index in [0.29, 0.717) is 25.5 Å². The number of ether oxygens (including phenoxy) is 2. The zero-order valence-corrected chi connectivity index (χ0v) is 19.6. The molecular formula is C26H32N4O3. The summed E-state index contributed by atoms with van der Waals surface area (Å²) in [5, 5.41) is 7.73. The summed E-state index contributed by atoms with van der Waals surface area (Å²) in [6.45, 7) is 8.15. The smallest absolute Gasteiger partial charge is 0.317 e. The van der Waals surface area contributed by atoms with Gasteiger partial charge in [0, 0.05) is 19.7 Å². The van der Waals surface area contributed by atoms with Crippen LogP contribution in [0.4, 0.5) is 4.79 Å². The number of aryl methyl sites for hydroxylation is 2. The molecule has 174 valence electrons. The van der Waals surface area contributed by atoms with Crippen LogP contribution in [-0.4, -0.2) is 46.5 Å². The monoisotopic (exact) mass is 448 g/mol. The van der Waals surface area contributed by atoms with Crippen molar-refractivity contribution in [2.45, 2.75) is 46.3 Å². The number of para-hydroxylation sites is 1. The van der Waals surface area contributed by atoms with Crippen LogP contribution in [0.3, 0.4) is 0 Å². The fourth-order valence-electron chi connectivity index (χ4n) is 4.07. The highest BCUT2D eigenvalue weighted by Gasteiger charge is 2.27. The van der Waals surface area contributed by atoms with Crippen LogP contribution in [0, 0.1) is 13.8 Å². The molecule has 2 aromatic carbocycles. The Bertz CT molecular complexity index is 1070. The van der Waals surface area contributed by atoms with Gasteiger partial charge in [-0.3, -0.25) is 0 Å². The van der Waals surface area contributed by atoms with Gasteiger partial charge in [0.1, 0.15) is 5.75 Å². The van der Waals surface area contributed by atoms with E-state index in [0.717, 1.165) is 47.7 Å². The number of urea groups is 1. The lowest BCUT2D eigenvalue weighted by Gasteiger charge is -2.26. The second kappa shape index (κ2) is 10.5. The Morgan fingerprint density at radius 3 is 2.73 bits per heavy atom. The van der Waals surface area contributed by atoms with E-state index < -0.39 is 0 Å². The number of rotatable bonds is 8. The molecule has 0 spiro atoms. The van der Waals surface area contributed by atoms with E-state index in [-0.39, 0.29) is 12.1 Å². The van der Waals surface area contributed by atoms with Crippen molar-refractivity contribution in [3.8, 4) is 17.3 Å². The van der Waals surface area contributed by atoms with Crippen LogP contribution in [0.2, 0.25) is 0 Å². The Labute approximate surface area is 195 Å². The topological polar surface area (TPSA) is 68.6 Å². The SMILES string of the molecule is CCNC(=O)N(Cc1c(C)nn(-c2ccccc2)c1Oc1cccc(C)c1)C[C@@H]1CCCO1. The third-order valence-corrected chi connectivity index (χ3v) is 5.75. The van der Waals surface area contributed by atoms with Crippen LogP contribution < -0.4 is 10.1 Å². The molecule has 1 aliphatic rings. The number of hydrogen-bond acceptors (Lipinski definition) is 4. The summed E-state index contributed by atoms with van der Waals surface area (Å²) in [7, 11) is 0. The maximum Gasteiger partial charge on any atom is 0.317 e. The van der Waals surface area contributed by atoms with Gasteiger partial charge in [-0.05, 0) is 63.4 Å². The van der Waals surface area contributed by atoms with Gasteiger partial charge < -0.3 is 19.7 Å². The Hall–Kier alpha value is -3.32. The maximum atomic E-state index is 12.9. The van der Waals surface area contributed by atoms with Gasteiger partial charge in [-0.15, -0.1) is 0 Å². The second-order valence-corrected chi connectivity index (χ2v) is 8.39. The third kappa shape index (κ3) is 5.54. The Balaban J connectivity index is 1.72. The lowest BCUT2D eigenvalue weighted by molar-refractivity contribution is 0.0793. The molecule has 0 saturated carbocycles. The van der Waals surface area contributed by atoms with Gasteiger partial charge in [-0.2, -0.15) is 5.10 Å². The van der Waals surface area contributed by atoms with E-state index >= 15 is 0 Å². The van der Waals surface area contributed by atoms with Crippen molar-refractivity contribution in [1.82, 2.24) is 20.0 Å². The summed E-state index contributed by atoms with van der Waals surface area (Å²) in [5.74, 6) is 1.35. The summed E-state index contributed by atoms with van der Waals surface area (Å²) in [6, 6.07) is 17.7. The van der Waals surface area contributed by atoms with Crippen LogP contribution in [0.15, 0.2) is 54.6 Å². The average molecular weight is 449 g/mol. The van der Waals surface area contributed by atoms with Crippen LogP contribution in [-0.2, 0) is 11.3 Å². The first-order valence-electron chi connectivity index (χ1n) is 11.6. The largest absolute Gasteiger partial charge is 0.439 e. The van der Waals surface area contributed by atoms with Gasteiger partial charge in [0.2, 0.25) is 5.88 Å². The minimum atomic E-state index is -0.110. The van der Waals surface area contributed by atoms with E-state index in [4.69, 9.17) is 14.6 Å². The molecule has 3 aromatic rings. The third-order valence-electron chi connectivity index (χ3n) is 5.75. The second-order valence-electron chi connectivity index (χ2n) is 8.39. The van der Waals surface area contributed by atoms with Crippen LogP contribution in [0.5, 0.6) is 11.6 Å². The van der Waals surface area contributed by atoms with Gasteiger partial charge >= 0.3 is 6.03 Å². The van der Waals surface area contributed by atoms with Gasteiger partial charge in [0.25, 0.3) is 0 Å². The number of nitrogens with one attached hydrogen (secondary N) is 1. The normalized spacial score (nSPS) is 15.4. The van der Waals surface area contributed by atoms with Crippen molar-refractivity contribution in [1.29, 1.82) is 0 Å². The van der Waals surface area contributed by atoms with E-state index in [2.05, 4.69) is 5.32 Å². The number of amides is 2. The molecule has 7 nitrogen and oxygen atoms in total. The number of nitrogens with zero attached hydrogens (tertiary/aromatic N) is 3. The fraction of sp³-hybridized carbons (Fsp3) is 0.385. The highest BCUT2D eigenvalue weighted by molar-refractivity contribution is 5.74. The number of aromatic nitrogens is 2. The van der Waals surface area contributed by atoms with Crippen molar-refractivity contribution in [2.75, 3.05) is 19.7 Å². The summed E-state index contributed by atoms with van der Waals surface area (Å²) >= 11 is 0. The van der Waals surface area contributed by atoms with E-state index in [1.165, 1.54) is 0 Å². The molecule has 4 rings (SSSR count). The van der Waals surface area contributed by atoms with Crippen molar-refractivity contribution < 1.29 is 14.3 Å². The molecule has 1 saturated heterocycles. The molecular weight excluding hydrogens is 416 g/mol. The maximum absolute atomic E-state index is 12.9. The number of carbonyl (C=O) groups is 1. The standard InChI is InChI=1S/C26H32N4O3/c1-4-27-26(31)29(17-23-14-9-15-32-23)18-24-20(3)28-30(21-11-6-5-7-12-21)25(24)33-22-13-8-10-19(2)16-22/h5-8,10-13,16,23H,4,9,14-15,17-18H2,1-3H3,(H,27,31)/t23-/m0/s1. The predicted octanol–water partition coefficient (Wildman–Crippen LogP) is 4.99. The molecule has 33 heavy (non-hydrogen) atoms. The molecule has 2 amide bonds. The van der Waals surface area contributed by atoms with Crippen molar-refractivity contribution in [2.24, 2.45) is 0 Å².